The van der Waals surface area contributed by atoms with E-state index in [0.717, 1.165) is 28.4 Å². The smallest absolute Gasteiger partial charge is 0.240 e. The Bertz CT molecular complexity index is 433. The fourth-order valence-corrected chi connectivity index (χ4v) is 2.05. The van der Waals surface area contributed by atoms with Crippen LogP contribution >= 0.6 is 28.3 Å². The lowest BCUT2D eigenvalue weighted by atomic mass is 10.1. The first kappa shape index (κ1) is 14.5. The van der Waals surface area contributed by atoms with E-state index in [1.54, 1.807) is 0 Å². The van der Waals surface area contributed by atoms with Crippen LogP contribution in [0.2, 0.25) is 0 Å². The Balaban J connectivity index is 0.00000144. The highest BCUT2D eigenvalue weighted by atomic mass is 79.9. The summed E-state index contributed by atoms with van der Waals surface area (Å²) in [5.74, 6) is -0.0326. The van der Waals surface area contributed by atoms with Crippen LogP contribution in [0.4, 0.5) is 0 Å². The summed E-state index contributed by atoms with van der Waals surface area (Å²) >= 11 is 3.41. The molecule has 3 nitrogen and oxygen atoms in total. The molecule has 0 spiro atoms. The molecule has 94 valence electrons. The normalized spacial score (nSPS) is 15.9. The summed E-state index contributed by atoms with van der Waals surface area (Å²) in [7, 11) is 0. The summed E-state index contributed by atoms with van der Waals surface area (Å²) < 4.78 is 1.05. The Morgan fingerprint density at radius 2 is 2.18 bits per heavy atom. The van der Waals surface area contributed by atoms with Crippen molar-refractivity contribution in [1.29, 1.82) is 0 Å². The van der Waals surface area contributed by atoms with Gasteiger partial charge in [0, 0.05) is 11.0 Å². The molecule has 0 atom stereocenters. The van der Waals surface area contributed by atoms with E-state index in [1.807, 2.05) is 25.1 Å². The SMILES string of the molecule is Cc1cc(Br)ccc1CNC(=O)C1(N)CC1.Cl. The molecule has 1 aromatic rings. The molecule has 5 heteroatoms. The zero-order chi connectivity index (χ0) is 11.8. The predicted molar refractivity (Wildman–Crippen MR) is 74.1 cm³/mol. The van der Waals surface area contributed by atoms with E-state index in [9.17, 15) is 4.79 Å². The monoisotopic (exact) mass is 318 g/mol. The Morgan fingerprint density at radius 1 is 1.53 bits per heavy atom. The van der Waals surface area contributed by atoms with Gasteiger partial charge in [-0.25, -0.2) is 0 Å². The van der Waals surface area contributed by atoms with Crippen LogP contribution in [0.1, 0.15) is 24.0 Å². The molecule has 0 bridgehead atoms. The van der Waals surface area contributed by atoms with Gasteiger partial charge in [-0.05, 0) is 43.0 Å². The first-order valence-electron chi connectivity index (χ1n) is 5.33. The Kier molecular flexibility index (Phi) is 4.58. The van der Waals surface area contributed by atoms with Crippen LogP contribution in [0, 0.1) is 6.92 Å². The van der Waals surface area contributed by atoms with Gasteiger partial charge in [-0.15, -0.1) is 12.4 Å². The minimum Gasteiger partial charge on any atom is -0.350 e. The van der Waals surface area contributed by atoms with Gasteiger partial charge in [0.15, 0.2) is 0 Å². The molecular weight excluding hydrogens is 304 g/mol. The van der Waals surface area contributed by atoms with Crippen LogP contribution in [0.25, 0.3) is 0 Å². The van der Waals surface area contributed by atoms with Crippen molar-refractivity contribution in [2.45, 2.75) is 31.8 Å². The van der Waals surface area contributed by atoms with Crippen molar-refractivity contribution >= 4 is 34.2 Å². The lowest BCUT2D eigenvalue weighted by Gasteiger charge is -2.11. The largest absolute Gasteiger partial charge is 0.350 e. The van der Waals surface area contributed by atoms with Crippen LogP contribution < -0.4 is 11.1 Å². The van der Waals surface area contributed by atoms with Crippen molar-refractivity contribution in [3.8, 4) is 0 Å². The standard InChI is InChI=1S/C12H15BrN2O.ClH/c1-8-6-10(13)3-2-9(8)7-15-11(16)12(14)4-5-12;/h2-3,6H,4-5,7,14H2,1H3,(H,15,16);1H. The fraction of sp³-hybridized carbons (Fsp3) is 0.417. The minimum absolute atomic E-state index is 0. The molecule has 17 heavy (non-hydrogen) atoms. The highest BCUT2D eigenvalue weighted by Gasteiger charge is 2.45. The summed E-state index contributed by atoms with van der Waals surface area (Å²) in [4.78, 5) is 11.6. The number of carbonyl (C=O) groups excluding carboxylic acids is 1. The summed E-state index contributed by atoms with van der Waals surface area (Å²) in [6.07, 6.45) is 1.61. The summed E-state index contributed by atoms with van der Waals surface area (Å²) in [6.45, 7) is 2.58. The van der Waals surface area contributed by atoms with Gasteiger partial charge in [0.1, 0.15) is 0 Å². The molecule has 0 unspecified atom stereocenters. The van der Waals surface area contributed by atoms with Gasteiger partial charge in [0.05, 0.1) is 5.54 Å². The Hall–Kier alpha value is -0.580. The molecule has 1 fully saturated rings. The number of hydrogen-bond donors (Lipinski definition) is 2. The minimum atomic E-state index is -0.580. The molecule has 1 aliphatic rings. The van der Waals surface area contributed by atoms with E-state index < -0.39 is 5.54 Å². The average Bonchev–Trinajstić information content (AvgIpc) is 2.96. The van der Waals surface area contributed by atoms with Crippen molar-refractivity contribution in [3.05, 3.63) is 33.8 Å². The number of carbonyl (C=O) groups is 1. The summed E-state index contributed by atoms with van der Waals surface area (Å²) in [5, 5.41) is 2.88. The number of nitrogens with one attached hydrogen (secondary N) is 1. The summed E-state index contributed by atoms with van der Waals surface area (Å²) in [6, 6.07) is 6.02. The third-order valence-corrected chi connectivity index (χ3v) is 3.48. The molecule has 1 amide bonds. The maximum absolute atomic E-state index is 11.6. The van der Waals surface area contributed by atoms with E-state index in [0.29, 0.717) is 6.54 Å². The average molecular weight is 320 g/mol. The lowest BCUT2D eigenvalue weighted by Crippen LogP contribution is -2.42. The lowest BCUT2D eigenvalue weighted by molar-refractivity contribution is -0.123. The molecule has 1 aliphatic carbocycles. The number of aryl methyl sites for hydroxylation is 1. The third-order valence-electron chi connectivity index (χ3n) is 2.98. The van der Waals surface area contributed by atoms with Crippen molar-refractivity contribution in [2.75, 3.05) is 0 Å². The topological polar surface area (TPSA) is 55.1 Å². The van der Waals surface area contributed by atoms with E-state index in [2.05, 4.69) is 21.2 Å². The van der Waals surface area contributed by atoms with Gasteiger partial charge in [-0.3, -0.25) is 4.79 Å². The summed E-state index contributed by atoms with van der Waals surface area (Å²) in [5.41, 5.74) is 7.51. The maximum atomic E-state index is 11.6. The molecule has 2 rings (SSSR count). The van der Waals surface area contributed by atoms with Gasteiger partial charge in [0.25, 0.3) is 0 Å². The van der Waals surface area contributed by atoms with E-state index >= 15 is 0 Å². The first-order valence-corrected chi connectivity index (χ1v) is 6.13. The van der Waals surface area contributed by atoms with Gasteiger partial charge in [0.2, 0.25) is 5.91 Å². The van der Waals surface area contributed by atoms with Crippen LogP contribution in [0.15, 0.2) is 22.7 Å². The zero-order valence-corrected chi connectivity index (χ0v) is 12.0. The highest BCUT2D eigenvalue weighted by molar-refractivity contribution is 9.10. The number of hydrogen-bond acceptors (Lipinski definition) is 2. The highest BCUT2D eigenvalue weighted by Crippen LogP contribution is 2.32. The molecule has 1 saturated carbocycles. The van der Waals surface area contributed by atoms with E-state index in [-0.39, 0.29) is 18.3 Å². The first-order chi connectivity index (χ1) is 7.51. The van der Waals surface area contributed by atoms with E-state index in [4.69, 9.17) is 5.73 Å². The maximum Gasteiger partial charge on any atom is 0.240 e. The Morgan fingerprint density at radius 3 is 2.71 bits per heavy atom. The van der Waals surface area contributed by atoms with Gasteiger partial charge >= 0.3 is 0 Å². The van der Waals surface area contributed by atoms with Gasteiger partial charge in [-0.2, -0.15) is 0 Å². The van der Waals surface area contributed by atoms with E-state index in [1.165, 1.54) is 0 Å². The molecule has 0 heterocycles. The number of halogens is 2. The van der Waals surface area contributed by atoms with Gasteiger partial charge in [-0.1, -0.05) is 22.0 Å². The molecule has 0 aliphatic heterocycles. The van der Waals surface area contributed by atoms with Crippen molar-refractivity contribution in [3.63, 3.8) is 0 Å². The molecule has 0 aromatic heterocycles. The number of nitrogens with two attached hydrogens (primary N) is 1. The zero-order valence-electron chi connectivity index (χ0n) is 9.63. The van der Waals surface area contributed by atoms with Crippen molar-refractivity contribution in [1.82, 2.24) is 5.32 Å². The van der Waals surface area contributed by atoms with Crippen LogP contribution in [-0.2, 0) is 11.3 Å². The fourth-order valence-electron chi connectivity index (χ4n) is 1.57. The van der Waals surface area contributed by atoms with Crippen molar-refractivity contribution < 1.29 is 4.79 Å². The number of rotatable bonds is 3. The van der Waals surface area contributed by atoms with Crippen LogP contribution in [0.3, 0.4) is 0 Å². The quantitative estimate of drug-likeness (QED) is 0.898. The second-order valence-electron chi connectivity index (χ2n) is 4.41. The molecule has 1 aromatic carbocycles. The second kappa shape index (κ2) is 5.38. The van der Waals surface area contributed by atoms with Gasteiger partial charge < -0.3 is 11.1 Å². The predicted octanol–water partition coefficient (Wildman–Crippen LogP) is 2.29. The molecular formula is C12H16BrClN2O. The van der Waals surface area contributed by atoms with Crippen LogP contribution in [-0.4, -0.2) is 11.4 Å². The molecule has 3 N–H and O–H groups in total. The number of amides is 1. The third kappa shape index (κ3) is 3.44. The molecule has 0 radical (unpaired) electrons. The van der Waals surface area contributed by atoms with Crippen LogP contribution in [0.5, 0.6) is 0 Å². The molecule has 0 saturated heterocycles. The Labute approximate surface area is 116 Å². The van der Waals surface area contributed by atoms with Crippen molar-refractivity contribution in [2.24, 2.45) is 5.73 Å². The number of benzene rings is 1. The second-order valence-corrected chi connectivity index (χ2v) is 5.33.